The van der Waals surface area contributed by atoms with Crippen molar-refractivity contribution in [1.29, 1.82) is 0 Å². The van der Waals surface area contributed by atoms with E-state index in [0.717, 1.165) is 5.56 Å². The van der Waals surface area contributed by atoms with Gasteiger partial charge >= 0.3 is 0 Å². The molecule has 1 unspecified atom stereocenters. The number of hydrogen-bond acceptors (Lipinski definition) is 3. The molecule has 0 fully saturated rings. The zero-order valence-electron chi connectivity index (χ0n) is 11.5. The Morgan fingerprint density at radius 3 is 2.19 bits per heavy atom. The second-order valence-corrected chi connectivity index (χ2v) is 4.85. The maximum Gasteiger partial charge on any atom is 0.149 e. The van der Waals surface area contributed by atoms with E-state index in [4.69, 9.17) is 5.73 Å². The van der Waals surface area contributed by atoms with Crippen LogP contribution in [0, 0.1) is 11.6 Å². The minimum absolute atomic E-state index is 0.0710. The Hall–Kier alpha value is -1.98. The molecule has 1 atom stereocenters. The van der Waals surface area contributed by atoms with Crippen molar-refractivity contribution in [3.05, 3.63) is 65.2 Å². The average Bonchev–Trinajstić information content (AvgIpc) is 2.50. The van der Waals surface area contributed by atoms with Gasteiger partial charge in [-0.3, -0.25) is 0 Å². The summed E-state index contributed by atoms with van der Waals surface area (Å²) in [5.41, 5.74) is 6.50. The predicted octanol–water partition coefficient (Wildman–Crippen LogP) is 2.44. The average molecular weight is 292 g/mol. The van der Waals surface area contributed by atoms with Gasteiger partial charge in [0.1, 0.15) is 17.3 Å². The molecule has 0 aliphatic rings. The van der Waals surface area contributed by atoms with Gasteiger partial charge in [-0.25, -0.2) is 8.78 Å². The maximum absolute atomic E-state index is 13.9. The van der Waals surface area contributed by atoms with Gasteiger partial charge in [-0.05, 0) is 29.7 Å². The molecule has 0 bridgehead atoms. The number of nitrogens with one attached hydrogen (secondary N) is 1. The van der Waals surface area contributed by atoms with Crippen molar-refractivity contribution in [2.45, 2.75) is 19.0 Å². The maximum atomic E-state index is 13.9. The molecule has 0 radical (unpaired) electrons. The summed E-state index contributed by atoms with van der Waals surface area (Å²) < 4.78 is 27.8. The third kappa shape index (κ3) is 4.00. The Bertz CT molecular complexity index is 567. The first kappa shape index (κ1) is 15.4. The van der Waals surface area contributed by atoms with E-state index in [2.05, 4.69) is 5.32 Å². The Morgan fingerprint density at radius 2 is 1.67 bits per heavy atom. The number of benzene rings is 2. The third-order valence-corrected chi connectivity index (χ3v) is 3.23. The fourth-order valence-electron chi connectivity index (χ4n) is 2.15. The van der Waals surface area contributed by atoms with Gasteiger partial charge in [0.05, 0.1) is 12.6 Å². The molecule has 0 saturated heterocycles. The lowest BCUT2D eigenvalue weighted by molar-refractivity contribution is 0.273. The highest BCUT2D eigenvalue weighted by Crippen LogP contribution is 2.22. The number of aliphatic hydroxyl groups is 1. The molecule has 2 aromatic carbocycles. The van der Waals surface area contributed by atoms with Gasteiger partial charge in [-0.2, -0.15) is 0 Å². The van der Waals surface area contributed by atoms with Crippen molar-refractivity contribution in [2.24, 2.45) is 5.73 Å². The number of anilines is 1. The number of aliphatic hydroxyl groups excluding tert-OH is 1. The Morgan fingerprint density at radius 1 is 1.05 bits per heavy atom. The van der Waals surface area contributed by atoms with E-state index in [1.165, 1.54) is 12.1 Å². The molecule has 2 aromatic rings. The molecule has 0 saturated carbocycles. The van der Waals surface area contributed by atoms with Crippen LogP contribution >= 0.6 is 0 Å². The van der Waals surface area contributed by atoms with Crippen molar-refractivity contribution >= 4 is 5.69 Å². The lowest BCUT2D eigenvalue weighted by Crippen LogP contribution is -2.27. The molecule has 3 nitrogen and oxygen atoms in total. The van der Waals surface area contributed by atoms with Crippen LogP contribution in [0.3, 0.4) is 0 Å². The van der Waals surface area contributed by atoms with Crippen molar-refractivity contribution in [2.75, 3.05) is 11.9 Å². The monoisotopic (exact) mass is 292 g/mol. The lowest BCUT2D eigenvalue weighted by Gasteiger charge is -2.19. The fourth-order valence-corrected chi connectivity index (χ4v) is 2.15. The second-order valence-electron chi connectivity index (χ2n) is 4.85. The molecule has 0 aliphatic carbocycles. The molecule has 0 aromatic heterocycles. The standard InChI is InChI=1S/C16H18F2N2O/c17-14-7-12(9-19)8-15(18)16(14)20-13(10-21)6-11-4-2-1-3-5-11/h1-5,7-8,13,20-21H,6,9-10,19H2. The molecular weight excluding hydrogens is 274 g/mol. The minimum Gasteiger partial charge on any atom is -0.394 e. The summed E-state index contributed by atoms with van der Waals surface area (Å²) in [4.78, 5) is 0. The van der Waals surface area contributed by atoms with Crippen LogP contribution in [0.5, 0.6) is 0 Å². The third-order valence-electron chi connectivity index (χ3n) is 3.23. The van der Waals surface area contributed by atoms with Crippen LogP contribution < -0.4 is 11.1 Å². The van der Waals surface area contributed by atoms with E-state index in [1.807, 2.05) is 30.3 Å². The normalized spacial score (nSPS) is 12.2. The smallest absolute Gasteiger partial charge is 0.149 e. The van der Waals surface area contributed by atoms with Crippen LogP contribution in [-0.4, -0.2) is 17.8 Å². The summed E-state index contributed by atoms with van der Waals surface area (Å²) in [6.07, 6.45) is 0.467. The molecule has 0 heterocycles. The molecule has 2 rings (SSSR count). The van der Waals surface area contributed by atoms with Crippen molar-refractivity contribution in [3.63, 3.8) is 0 Å². The Labute approximate surface area is 122 Å². The first-order chi connectivity index (χ1) is 10.1. The Kier molecular flexibility index (Phi) is 5.25. The van der Waals surface area contributed by atoms with E-state index in [0.29, 0.717) is 12.0 Å². The van der Waals surface area contributed by atoms with E-state index in [-0.39, 0.29) is 18.8 Å². The van der Waals surface area contributed by atoms with Crippen molar-refractivity contribution in [3.8, 4) is 0 Å². The highest BCUT2D eigenvalue weighted by molar-refractivity contribution is 5.49. The van der Waals surface area contributed by atoms with Gasteiger partial charge in [0.15, 0.2) is 0 Å². The summed E-state index contributed by atoms with van der Waals surface area (Å²) >= 11 is 0. The molecule has 21 heavy (non-hydrogen) atoms. The van der Waals surface area contributed by atoms with Crippen molar-refractivity contribution in [1.82, 2.24) is 0 Å². The molecular formula is C16H18F2N2O. The highest BCUT2D eigenvalue weighted by atomic mass is 19.1. The predicted molar refractivity (Wildman–Crippen MR) is 78.9 cm³/mol. The topological polar surface area (TPSA) is 58.3 Å². The number of halogens is 2. The zero-order valence-corrected chi connectivity index (χ0v) is 11.5. The minimum atomic E-state index is -0.707. The van der Waals surface area contributed by atoms with Crippen LogP contribution in [0.4, 0.5) is 14.5 Å². The largest absolute Gasteiger partial charge is 0.394 e. The van der Waals surface area contributed by atoms with Crippen LogP contribution in [0.25, 0.3) is 0 Å². The quantitative estimate of drug-likeness (QED) is 0.766. The summed E-state index contributed by atoms with van der Waals surface area (Å²) in [6.45, 7) is -0.159. The molecule has 0 aliphatic heterocycles. The Balaban J connectivity index is 2.15. The summed E-state index contributed by atoms with van der Waals surface area (Å²) in [7, 11) is 0. The molecule has 0 amide bonds. The molecule has 112 valence electrons. The molecule has 5 heteroatoms. The van der Waals surface area contributed by atoms with Crippen molar-refractivity contribution < 1.29 is 13.9 Å². The van der Waals surface area contributed by atoms with E-state index >= 15 is 0 Å². The van der Waals surface area contributed by atoms with Crippen LogP contribution in [-0.2, 0) is 13.0 Å². The fraction of sp³-hybridized carbons (Fsp3) is 0.250. The number of hydrogen-bond donors (Lipinski definition) is 3. The molecule has 4 N–H and O–H groups in total. The van der Waals surface area contributed by atoms with E-state index < -0.39 is 17.7 Å². The highest BCUT2D eigenvalue weighted by Gasteiger charge is 2.15. The first-order valence-electron chi connectivity index (χ1n) is 6.73. The first-order valence-corrected chi connectivity index (χ1v) is 6.73. The van der Waals surface area contributed by atoms with Crippen LogP contribution in [0.1, 0.15) is 11.1 Å². The number of rotatable bonds is 6. The van der Waals surface area contributed by atoms with Gasteiger partial charge in [0.25, 0.3) is 0 Å². The zero-order chi connectivity index (χ0) is 15.2. The van der Waals surface area contributed by atoms with Gasteiger partial charge in [-0.15, -0.1) is 0 Å². The summed E-state index contributed by atoms with van der Waals surface area (Å²) in [6, 6.07) is 11.4. The van der Waals surface area contributed by atoms with E-state index in [1.54, 1.807) is 0 Å². The van der Waals surface area contributed by atoms with Gasteiger partial charge in [-0.1, -0.05) is 30.3 Å². The molecule has 0 spiro atoms. The lowest BCUT2D eigenvalue weighted by atomic mass is 10.1. The van der Waals surface area contributed by atoms with Gasteiger partial charge in [0, 0.05) is 6.54 Å². The van der Waals surface area contributed by atoms with Crippen LogP contribution in [0.15, 0.2) is 42.5 Å². The van der Waals surface area contributed by atoms with E-state index in [9.17, 15) is 13.9 Å². The summed E-state index contributed by atoms with van der Waals surface area (Å²) in [5, 5.41) is 12.1. The SMILES string of the molecule is NCc1cc(F)c(NC(CO)Cc2ccccc2)c(F)c1. The number of nitrogens with two attached hydrogens (primary N) is 1. The van der Waals surface area contributed by atoms with Gasteiger partial charge in [0.2, 0.25) is 0 Å². The summed E-state index contributed by atoms with van der Waals surface area (Å²) in [5.74, 6) is -1.41. The van der Waals surface area contributed by atoms with Gasteiger partial charge < -0.3 is 16.2 Å². The second kappa shape index (κ2) is 7.15. The van der Waals surface area contributed by atoms with Crippen LogP contribution in [0.2, 0.25) is 0 Å².